The van der Waals surface area contributed by atoms with E-state index in [0.29, 0.717) is 37.9 Å². The van der Waals surface area contributed by atoms with Gasteiger partial charge in [-0.3, -0.25) is 0 Å². The van der Waals surface area contributed by atoms with Crippen molar-refractivity contribution in [3.8, 4) is 23.0 Å². The molecular formula is C16H17O5-. The van der Waals surface area contributed by atoms with E-state index in [1.54, 1.807) is 42.5 Å². The molecule has 21 heavy (non-hydrogen) atoms. The van der Waals surface area contributed by atoms with Gasteiger partial charge in [-0.25, -0.2) is 0 Å². The van der Waals surface area contributed by atoms with Crippen LogP contribution in [0.1, 0.15) is 0 Å². The van der Waals surface area contributed by atoms with Gasteiger partial charge in [-0.15, -0.1) is 0 Å². The Morgan fingerprint density at radius 1 is 0.762 bits per heavy atom. The Hall–Kier alpha value is -2.40. The summed E-state index contributed by atoms with van der Waals surface area (Å²) in [7, 11) is 0. The average Bonchev–Trinajstić information content (AvgIpc) is 2.50. The van der Waals surface area contributed by atoms with Gasteiger partial charge in [-0.05, 0) is 18.2 Å². The van der Waals surface area contributed by atoms with Crippen molar-refractivity contribution in [2.75, 3.05) is 26.4 Å². The van der Waals surface area contributed by atoms with Gasteiger partial charge in [-0.1, -0.05) is 36.1 Å². The van der Waals surface area contributed by atoms with Gasteiger partial charge < -0.3 is 24.4 Å². The first-order chi connectivity index (χ1) is 10.3. The molecule has 5 heteroatoms. The molecule has 0 fully saturated rings. The zero-order valence-electron chi connectivity index (χ0n) is 11.5. The molecule has 0 unspecified atom stereocenters. The number of aromatic hydroxyl groups is 1. The summed E-state index contributed by atoms with van der Waals surface area (Å²) in [6.45, 7) is 1.36. The maximum absolute atomic E-state index is 11.4. The SMILES string of the molecule is [O-]c1ccccc1OCCOCCOc1ccccc1O. The van der Waals surface area contributed by atoms with Gasteiger partial charge in [-0.2, -0.15) is 0 Å². The van der Waals surface area contributed by atoms with Gasteiger partial charge in [0.1, 0.15) is 19.0 Å². The minimum absolute atomic E-state index is 0.105. The van der Waals surface area contributed by atoms with Crippen LogP contribution >= 0.6 is 0 Å². The Labute approximate surface area is 123 Å². The third-order valence-electron chi connectivity index (χ3n) is 2.68. The molecule has 0 radical (unpaired) electrons. The number of hydrogen-bond donors (Lipinski definition) is 1. The Kier molecular flexibility index (Phi) is 5.72. The van der Waals surface area contributed by atoms with Crippen LogP contribution in [-0.4, -0.2) is 31.5 Å². The highest BCUT2D eigenvalue weighted by atomic mass is 16.5. The number of ether oxygens (including phenoxy) is 3. The van der Waals surface area contributed by atoms with Crippen LogP contribution in [0.3, 0.4) is 0 Å². The second-order valence-electron chi connectivity index (χ2n) is 4.22. The van der Waals surface area contributed by atoms with Gasteiger partial charge in [0, 0.05) is 0 Å². The van der Waals surface area contributed by atoms with Crippen LogP contribution in [0, 0.1) is 0 Å². The highest BCUT2D eigenvalue weighted by Crippen LogP contribution is 2.24. The number of phenols is 1. The first-order valence-corrected chi connectivity index (χ1v) is 6.65. The average molecular weight is 289 g/mol. The fraction of sp³-hybridized carbons (Fsp3) is 0.250. The molecule has 2 aromatic rings. The van der Waals surface area contributed by atoms with Crippen LogP contribution in [0.25, 0.3) is 0 Å². The molecule has 0 heterocycles. The Balaban J connectivity index is 1.57. The summed E-state index contributed by atoms with van der Waals surface area (Å²) in [6.07, 6.45) is 0. The van der Waals surface area contributed by atoms with E-state index in [1.165, 1.54) is 6.07 Å². The van der Waals surface area contributed by atoms with E-state index < -0.39 is 0 Å². The highest BCUT2D eigenvalue weighted by molar-refractivity contribution is 5.38. The van der Waals surface area contributed by atoms with E-state index in [2.05, 4.69) is 0 Å². The van der Waals surface area contributed by atoms with Crippen molar-refractivity contribution in [2.24, 2.45) is 0 Å². The van der Waals surface area contributed by atoms with Gasteiger partial charge in [0.05, 0.1) is 13.2 Å². The van der Waals surface area contributed by atoms with E-state index in [4.69, 9.17) is 14.2 Å². The monoisotopic (exact) mass is 289 g/mol. The van der Waals surface area contributed by atoms with E-state index in [0.717, 1.165) is 0 Å². The fourth-order valence-electron chi connectivity index (χ4n) is 1.67. The molecule has 0 saturated heterocycles. The number of rotatable bonds is 8. The molecule has 0 amide bonds. The van der Waals surface area contributed by atoms with E-state index in [1.807, 2.05) is 0 Å². The zero-order chi connectivity index (χ0) is 14.9. The van der Waals surface area contributed by atoms with Crippen molar-refractivity contribution in [2.45, 2.75) is 0 Å². The van der Waals surface area contributed by atoms with Gasteiger partial charge >= 0.3 is 0 Å². The van der Waals surface area contributed by atoms with Crippen LogP contribution in [0.4, 0.5) is 0 Å². The third kappa shape index (κ3) is 4.89. The molecule has 0 bridgehead atoms. The topological polar surface area (TPSA) is 71.0 Å². The quantitative estimate of drug-likeness (QED) is 0.752. The molecule has 0 aromatic heterocycles. The van der Waals surface area contributed by atoms with Crippen LogP contribution < -0.4 is 14.6 Å². The Bertz CT molecular complexity index is 506. The molecule has 0 atom stereocenters. The van der Waals surface area contributed by atoms with Crippen LogP contribution in [0.15, 0.2) is 48.5 Å². The van der Waals surface area contributed by atoms with E-state index in [-0.39, 0.29) is 11.5 Å². The third-order valence-corrected chi connectivity index (χ3v) is 2.68. The molecule has 0 saturated carbocycles. The molecule has 2 aromatic carbocycles. The van der Waals surface area contributed by atoms with Crippen molar-refractivity contribution in [1.82, 2.24) is 0 Å². The second-order valence-corrected chi connectivity index (χ2v) is 4.22. The van der Waals surface area contributed by atoms with Gasteiger partial charge in [0.15, 0.2) is 11.5 Å². The molecular weight excluding hydrogens is 272 g/mol. The normalized spacial score (nSPS) is 10.3. The lowest BCUT2D eigenvalue weighted by Crippen LogP contribution is -2.12. The molecule has 0 aliphatic carbocycles. The summed E-state index contributed by atoms with van der Waals surface area (Å²) in [5, 5.41) is 20.9. The summed E-state index contributed by atoms with van der Waals surface area (Å²) in [5.74, 6) is 0.720. The van der Waals surface area contributed by atoms with Crippen molar-refractivity contribution >= 4 is 0 Å². The Morgan fingerprint density at radius 2 is 1.33 bits per heavy atom. The molecule has 0 aliphatic rings. The number of benzene rings is 2. The van der Waals surface area contributed by atoms with E-state index >= 15 is 0 Å². The zero-order valence-corrected chi connectivity index (χ0v) is 11.5. The summed E-state index contributed by atoms with van der Waals surface area (Å²) in [4.78, 5) is 0. The molecule has 1 N–H and O–H groups in total. The van der Waals surface area contributed by atoms with Crippen LogP contribution in [0.2, 0.25) is 0 Å². The fourth-order valence-corrected chi connectivity index (χ4v) is 1.67. The lowest BCUT2D eigenvalue weighted by molar-refractivity contribution is -0.270. The lowest BCUT2D eigenvalue weighted by Gasteiger charge is -2.14. The molecule has 5 nitrogen and oxygen atoms in total. The smallest absolute Gasteiger partial charge is 0.161 e. The van der Waals surface area contributed by atoms with Gasteiger partial charge in [0.25, 0.3) is 0 Å². The highest BCUT2D eigenvalue weighted by Gasteiger charge is 1.99. The standard InChI is InChI=1S/C16H18O5/c17-13-5-1-3-7-15(13)20-11-9-19-10-12-21-16-8-4-2-6-14(16)18/h1-8,17-18H,9-12H2/p-1. The summed E-state index contributed by atoms with van der Waals surface area (Å²) in [6, 6.07) is 13.3. The van der Waals surface area contributed by atoms with Crippen molar-refractivity contribution < 1.29 is 24.4 Å². The number of hydrogen-bond acceptors (Lipinski definition) is 5. The maximum Gasteiger partial charge on any atom is 0.161 e. The molecule has 112 valence electrons. The molecule has 0 aliphatic heterocycles. The first kappa shape index (κ1) is 15.0. The minimum atomic E-state index is -0.139. The van der Waals surface area contributed by atoms with Crippen molar-refractivity contribution in [3.05, 3.63) is 48.5 Å². The second kappa shape index (κ2) is 8.01. The predicted molar refractivity (Wildman–Crippen MR) is 75.8 cm³/mol. The maximum atomic E-state index is 11.4. The molecule has 2 rings (SSSR count). The minimum Gasteiger partial charge on any atom is -0.870 e. The van der Waals surface area contributed by atoms with Gasteiger partial charge in [0.2, 0.25) is 0 Å². The van der Waals surface area contributed by atoms with Crippen LogP contribution in [-0.2, 0) is 4.74 Å². The first-order valence-electron chi connectivity index (χ1n) is 6.65. The largest absolute Gasteiger partial charge is 0.870 e. The van der Waals surface area contributed by atoms with Crippen molar-refractivity contribution in [1.29, 1.82) is 0 Å². The lowest BCUT2D eigenvalue weighted by atomic mass is 10.3. The number of para-hydroxylation sites is 4. The summed E-state index contributed by atoms with van der Waals surface area (Å²) in [5.41, 5.74) is 0. The predicted octanol–water partition coefficient (Wildman–Crippen LogP) is 1.94. The summed E-state index contributed by atoms with van der Waals surface area (Å²) < 4.78 is 16.0. The molecule has 0 spiro atoms. The Morgan fingerprint density at radius 3 is 2.00 bits per heavy atom. The summed E-state index contributed by atoms with van der Waals surface area (Å²) >= 11 is 0. The number of phenolic OH excluding ortho intramolecular Hbond substituents is 1. The van der Waals surface area contributed by atoms with Crippen molar-refractivity contribution in [3.63, 3.8) is 0 Å². The van der Waals surface area contributed by atoms with Crippen LogP contribution in [0.5, 0.6) is 23.0 Å². The van der Waals surface area contributed by atoms with E-state index in [9.17, 15) is 10.2 Å².